The number of nitrogens with zero attached hydrogens (tertiary/aromatic N) is 3. The zero-order chi connectivity index (χ0) is 9.10. The third-order valence-electron chi connectivity index (χ3n) is 1.77. The summed E-state index contributed by atoms with van der Waals surface area (Å²) in [5.41, 5.74) is 3.06. The van der Waals surface area contributed by atoms with Gasteiger partial charge in [-0.2, -0.15) is 0 Å². The molecule has 0 amide bonds. The third kappa shape index (κ3) is 1.69. The van der Waals surface area contributed by atoms with Gasteiger partial charge < -0.3 is 0 Å². The van der Waals surface area contributed by atoms with Crippen LogP contribution in [0.2, 0.25) is 0 Å². The summed E-state index contributed by atoms with van der Waals surface area (Å²) < 4.78 is 0. The highest BCUT2D eigenvalue weighted by atomic mass is 14.8. The van der Waals surface area contributed by atoms with Crippen LogP contribution in [0.1, 0.15) is 5.56 Å². The monoisotopic (exact) mass is 171 g/mol. The van der Waals surface area contributed by atoms with Crippen molar-refractivity contribution < 1.29 is 0 Å². The topological polar surface area (TPSA) is 38.7 Å². The molecule has 2 aromatic rings. The first kappa shape index (κ1) is 7.86. The van der Waals surface area contributed by atoms with E-state index >= 15 is 0 Å². The molecule has 0 saturated carbocycles. The molecule has 3 nitrogen and oxygen atoms in total. The molecule has 0 N–H and O–H groups in total. The SMILES string of the molecule is Cc1ccnc(-c2cncnc2)c1. The summed E-state index contributed by atoms with van der Waals surface area (Å²) in [6.45, 7) is 2.04. The number of aryl methyl sites for hydroxylation is 1. The van der Waals surface area contributed by atoms with Gasteiger partial charge in [0.1, 0.15) is 6.33 Å². The van der Waals surface area contributed by atoms with Gasteiger partial charge in [-0.3, -0.25) is 4.98 Å². The maximum atomic E-state index is 4.23. The van der Waals surface area contributed by atoms with Crippen molar-refractivity contribution in [1.82, 2.24) is 15.0 Å². The van der Waals surface area contributed by atoms with E-state index < -0.39 is 0 Å². The quantitative estimate of drug-likeness (QED) is 0.657. The van der Waals surface area contributed by atoms with Crippen LogP contribution in [-0.4, -0.2) is 15.0 Å². The molecule has 0 saturated heterocycles. The fourth-order valence-corrected chi connectivity index (χ4v) is 1.13. The average Bonchev–Trinajstić information content (AvgIpc) is 2.19. The van der Waals surface area contributed by atoms with E-state index in [2.05, 4.69) is 15.0 Å². The predicted molar refractivity (Wildman–Crippen MR) is 50.0 cm³/mol. The maximum absolute atomic E-state index is 4.23. The Hall–Kier alpha value is -1.77. The minimum absolute atomic E-state index is 0.917. The van der Waals surface area contributed by atoms with Gasteiger partial charge >= 0.3 is 0 Å². The van der Waals surface area contributed by atoms with Crippen molar-refractivity contribution in [2.24, 2.45) is 0 Å². The summed E-state index contributed by atoms with van der Waals surface area (Å²) in [6, 6.07) is 3.98. The Bertz CT molecular complexity index is 398. The van der Waals surface area contributed by atoms with E-state index in [1.807, 2.05) is 19.1 Å². The van der Waals surface area contributed by atoms with Gasteiger partial charge in [0.15, 0.2) is 0 Å². The Kier molecular flexibility index (Phi) is 2.00. The molecule has 0 aliphatic rings. The molecule has 0 aliphatic carbocycles. The molecule has 13 heavy (non-hydrogen) atoms. The van der Waals surface area contributed by atoms with Crippen LogP contribution in [0.5, 0.6) is 0 Å². The predicted octanol–water partition coefficient (Wildman–Crippen LogP) is 1.85. The van der Waals surface area contributed by atoms with Gasteiger partial charge in [0.25, 0.3) is 0 Å². The summed E-state index contributed by atoms with van der Waals surface area (Å²) in [5.74, 6) is 0. The second kappa shape index (κ2) is 3.31. The molecule has 0 fully saturated rings. The lowest BCUT2D eigenvalue weighted by Gasteiger charge is -1.99. The first-order valence-corrected chi connectivity index (χ1v) is 4.04. The van der Waals surface area contributed by atoms with Crippen LogP contribution in [0.15, 0.2) is 37.1 Å². The lowest BCUT2D eigenvalue weighted by atomic mass is 10.2. The van der Waals surface area contributed by atoms with Crippen LogP contribution >= 0.6 is 0 Å². The summed E-state index contributed by atoms with van der Waals surface area (Å²) in [7, 11) is 0. The van der Waals surface area contributed by atoms with Gasteiger partial charge in [-0.1, -0.05) is 0 Å². The van der Waals surface area contributed by atoms with Gasteiger partial charge in [0.2, 0.25) is 0 Å². The Morgan fingerprint density at radius 1 is 1.15 bits per heavy atom. The van der Waals surface area contributed by atoms with Crippen LogP contribution in [0.4, 0.5) is 0 Å². The van der Waals surface area contributed by atoms with E-state index in [1.165, 1.54) is 11.9 Å². The van der Waals surface area contributed by atoms with Gasteiger partial charge in [-0.15, -0.1) is 0 Å². The molecule has 0 spiro atoms. The fourth-order valence-electron chi connectivity index (χ4n) is 1.13. The normalized spacial score (nSPS) is 9.92. The Morgan fingerprint density at radius 2 is 1.92 bits per heavy atom. The van der Waals surface area contributed by atoms with Crippen LogP contribution in [0.3, 0.4) is 0 Å². The van der Waals surface area contributed by atoms with Gasteiger partial charge in [-0.25, -0.2) is 9.97 Å². The number of hydrogen-bond acceptors (Lipinski definition) is 3. The highest BCUT2D eigenvalue weighted by Gasteiger charge is 1.97. The van der Waals surface area contributed by atoms with Crippen LogP contribution < -0.4 is 0 Å². The van der Waals surface area contributed by atoms with Crippen LogP contribution in [-0.2, 0) is 0 Å². The van der Waals surface area contributed by atoms with E-state index in [9.17, 15) is 0 Å². The highest BCUT2D eigenvalue weighted by Crippen LogP contribution is 2.14. The number of hydrogen-bond donors (Lipinski definition) is 0. The maximum Gasteiger partial charge on any atom is 0.115 e. The van der Waals surface area contributed by atoms with E-state index in [0.29, 0.717) is 0 Å². The fraction of sp³-hybridized carbons (Fsp3) is 0.100. The van der Waals surface area contributed by atoms with Crippen LogP contribution in [0, 0.1) is 6.92 Å². The minimum Gasteiger partial charge on any atom is -0.256 e. The smallest absolute Gasteiger partial charge is 0.115 e. The van der Waals surface area contributed by atoms with Crippen molar-refractivity contribution in [3.63, 3.8) is 0 Å². The second-order valence-electron chi connectivity index (χ2n) is 2.85. The Labute approximate surface area is 76.5 Å². The van der Waals surface area contributed by atoms with E-state index in [4.69, 9.17) is 0 Å². The summed E-state index contributed by atoms with van der Waals surface area (Å²) in [6.07, 6.45) is 6.82. The van der Waals surface area contributed by atoms with Crippen molar-refractivity contribution in [3.05, 3.63) is 42.6 Å². The molecule has 2 heterocycles. The van der Waals surface area contributed by atoms with Crippen LogP contribution in [0.25, 0.3) is 11.3 Å². The summed E-state index contributed by atoms with van der Waals surface area (Å²) in [5, 5.41) is 0. The summed E-state index contributed by atoms with van der Waals surface area (Å²) in [4.78, 5) is 12.1. The molecule has 3 heteroatoms. The molecular weight excluding hydrogens is 162 g/mol. The molecule has 0 atom stereocenters. The van der Waals surface area contributed by atoms with Crippen molar-refractivity contribution in [3.8, 4) is 11.3 Å². The third-order valence-corrected chi connectivity index (χ3v) is 1.77. The molecular formula is C10H9N3. The molecule has 0 unspecified atom stereocenters. The molecule has 0 aromatic carbocycles. The van der Waals surface area contributed by atoms with E-state index in [0.717, 1.165) is 11.3 Å². The molecule has 2 aromatic heterocycles. The molecule has 0 aliphatic heterocycles. The zero-order valence-corrected chi connectivity index (χ0v) is 7.31. The molecule has 0 bridgehead atoms. The van der Waals surface area contributed by atoms with Crippen molar-refractivity contribution in [1.29, 1.82) is 0 Å². The largest absolute Gasteiger partial charge is 0.256 e. The molecule has 64 valence electrons. The standard InChI is InChI=1S/C10H9N3/c1-8-2-3-13-10(4-8)9-5-11-7-12-6-9/h2-7H,1H3. The zero-order valence-electron chi connectivity index (χ0n) is 7.31. The second-order valence-corrected chi connectivity index (χ2v) is 2.85. The first-order chi connectivity index (χ1) is 6.36. The Morgan fingerprint density at radius 3 is 2.62 bits per heavy atom. The first-order valence-electron chi connectivity index (χ1n) is 4.04. The molecule has 0 radical (unpaired) electrons. The van der Waals surface area contributed by atoms with Crippen molar-refractivity contribution >= 4 is 0 Å². The summed E-state index contributed by atoms with van der Waals surface area (Å²) >= 11 is 0. The Balaban J connectivity index is 2.48. The van der Waals surface area contributed by atoms with Gasteiger partial charge in [-0.05, 0) is 24.6 Å². The van der Waals surface area contributed by atoms with Crippen molar-refractivity contribution in [2.45, 2.75) is 6.92 Å². The van der Waals surface area contributed by atoms with E-state index in [1.54, 1.807) is 18.6 Å². The van der Waals surface area contributed by atoms with Gasteiger partial charge in [0, 0.05) is 24.2 Å². The highest BCUT2D eigenvalue weighted by molar-refractivity contribution is 5.56. The average molecular weight is 171 g/mol. The van der Waals surface area contributed by atoms with Crippen molar-refractivity contribution in [2.75, 3.05) is 0 Å². The molecule has 2 rings (SSSR count). The van der Waals surface area contributed by atoms with Gasteiger partial charge in [0.05, 0.1) is 5.69 Å². The lowest BCUT2D eigenvalue weighted by molar-refractivity contribution is 1.16. The minimum atomic E-state index is 0.917. The lowest BCUT2D eigenvalue weighted by Crippen LogP contribution is -1.86. The number of pyridine rings is 1. The van der Waals surface area contributed by atoms with E-state index in [-0.39, 0.29) is 0 Å². The number of aromatic nitrogens is 3. The number of rotatable bonds is 1.